The van der Waals surface area contributed by atoms with Gasteiger partial charge in [0.05, 0.1) is 25.7 Å². The molecule has 1 heterocycles. The Bertz CT molecular complexity index is 223. The Balaban J connectivity index is 2.34. The van der Waals surface area contributed by atoms with Crippen molar-refractivity contribution >= 4 is 5.97 Å². The third kappa shape index (κ3) is 4.08. The molecule has 5 heteroatoms. The summed E-state index contributed by atoms with van der Waals surface area (Å²) in [4.78, 5) is 13.6. The Labute approximate surface area is 96.9 Å². The van der Waals surface area contributed by atoms with E-state index in [0.29, 0.717) is 26.2 Å². The second kappa shape index (κ2) is 6.83. The maximum Gasteiger partial charge on any atom is 0.307 e. The number of ether oxygens (including phenoxy) is 2. The molecular formula is C11H22N2O3. The van der Waals surface area contributed by atoms with Crippen LogP contribution in [0.5, 0.6) is 0 Å². The molecule has 16 heavy (non-hydrogen) atoms. The fraction of sp³-hybridized carbons (Fsp3) is 0.909. The largest absolute Gasteiger partial charge is 0.466 e. The van der Waals surface area contributed by atoms with Gasteiger partial charge < -0.3 is 15.2 Å². The first-order valence-corrected chi connectivity index (χ1v) is 5.88. The average molecular weight is 230 g/mol. The topological polar surface area (TPSA) is 64.8 Å². The van der Waals surface area contributed by atoms with Gasteiger partial charge in [0.25, 0.3) is 0 Å². The Morgan fingerprint density at radius 2 is 2.44 bits per heavy atom. The van der Waals surface area contributed by atoms with E-state index < -0.39 is 0 Å². The third-order valence-corrected chi connectivity index (χ3v) is 2.82. The van der Waals surface area contributed by atoms with Crippen LogP contribution >= 0.6 is 0 Å². The standard InChI is InChI=1S/C11H22N2O3/c1-3-15-11(14)6-9(2)13-4-5-16-10(7-12)8-13/h9-10H,3-8,12H2,1-2H3. The van der Waals surface area contributed by atoms with Crippen LogP contribution in [-0.2, 0) is 14.3 Å². The monoisotopic (exact) mass is 230 g/mol. The molecule has 94 valence electrons. The van der Waals surface area contributed by atoms with Crippen LogP contribution in [0.15, 0.2) is 0 Å². The fourth-order valence-electron chi connectivity index (χ4n) is 1.88. The predicted molar refractivity (Wildman–Crippen MR) is 61.1 cm³/mol. The summed E-state index contributed by atoms with van der Waals surface area (Å²) in [6.45, 7) is 7.18. The number of hydrogen-bond acceptors (Lipinski definition) is 5. The SMILES string of the molecule is CCOC(=O)CC(C)N1CCOC(CN)C1. The second-order valence-electron chi connectivity index (χ2n) is 4.08. The first kappa shape index (κ1) is 13.4. The van der Waals surface area contributed by atoms with Crippen LogP contribution in [0.25, 0.3) is 0 Å². The van der Waals surface area contributed by atoms with Crippen molar-refractivity contribution in [3.63, 3.8) is 0 Å². The van der Waals surface area contributed by atoms with Gasteiger partial charge in [0, 0.05) is 25.7 Å². The molecule has 0 aromatic heterocycles. The zero-order valence-electron chi connectivity index (χ0n) is 10.1. The van der Waals surface area contributed by atoms with Crippen molar-refractivity contribution in [1.29, 1.82) is 0 Å². The van der Waals surface area contributed by atoms with Crippen LogP contribution in [0, 0.1) is 0 Å². The van der Waals surface area contributed by atoms with Gasteiger partial charge >= 0.3 is 5.97 Å². The molecule has 0 aromatic rings. The van der Waals surface area contributed by atoms with Crippen LogP contribution in [0.3, 0.4) is 0 Å². The Morgan fingerprint density at radius 3 is 3.06 bits per heavy atom. The van der Waals surface area contributed by atoms with E-state index in [0.717, 1.165) is 13.1 Å². The lowest BCUT2D eigenvalue weighted by molar-refractivity contribution is -0.145. The first-order chi connectivity index (χ1) is 7.67. The number of morpholine rings is 1. The zero-order chi connectivity index (χ0) is 12.0. The molecule has 2 atom stereocenters. The van der Waals surface area contributed by atoms with Crippen molar-refractivity contribution in [3.05, 3.63) is 0 Å². The molecule has 1 aliphatic rings. The molecular weight excluding hydrogens is 208 g/mol. The van der Waals surface area contributed by atoms with E-state index in [2.05, 4.69) is 4.90 Å². The van der Waals surface area contributed by atoms with Crippen LogP contribution in [0.4, 0.5) is 0 Å². The van der Waals surface area contributed by atoms with Crippen LogP contribution in [0.2, 0.25) is 0 Å². The highest BCUT2D eigenvalue weighted by Gasteiger charge is 2.24. The van der Waals surface area contributed by atoms with Gasteiger partial charge in [-0.15, -0.1) is 0 Å². The molecule has 0 bridgehead atoms. The lowest BCUT2D eigenvalue weighted by Crippen LogP contribution is -2.49. The molecule has 0 amide bonds. The Morgan fingerprint density at radius 1 is 1.69 bits per heavy atom. The summed E-state index contributed by atoms with van der Waals surface area (Å²) < 4.78 is 10.4. The summed E-state index contributed by atoms with van der Waals surface area (Å²) in [7, 11) is 0. The Hall–Kier alpha value is -0.650. The molecule has 1 fully saturated rings. The van der Waals surface area contributed by atoms with Gasteiger partial charge in [-0.1, -0.05) is 0 Å². The van der Waals surface area contributed by atoms with Crippen LogP contribution < -0.4 is 5.73 Å². The number of rotatable bonds is 5. The third-order valence-electron chi connectivity index (χ3n) is 2.82. The molecule has 1 saturated heterocycles. The quantitative estimate of drug-likeness (QED) is 0.673. The van der Waals surface area contributed by atoms with E-state index in [9.17, 15) is 4.79 Å². The highest BCUT2D eigenvalue weighted by molar-refractivity contribution is 5.70. The summed E-state index contributed by atoms with van der Waals surface area (Å²) in [6, 6.07) is 0.192. The summed E-state index contributed by atoms with van der Waals surface area (Å²) in [5.41, 5.74) is 5.57. The first-order valence-electron chi connectivity index (χ1n) is 5.88. The van der Waals surface area contributed by atoms with E-state index in [-0.39, 0.29) is 18.1 Å². The normalized spacial score (nSPS) is 24.1. The lowest BCUT2D eigenvalue weighted by Gasteiger charge is -2.36. The van der Waals surface area contributed by atoms with Crippen molar-refractivity contribution in [2.24, 2.45) is 5.73 Å². The molecule has 1 aliphatic heterocycles. The molecule has 1 rings (SSSR count). The summed E-state index contributed by atoms with van der Waals surface area (Å²) >= 11 is 0. The van der Waals surface area contributed by atoms with Gasteiger partial charge in [-0.05, 0) is 13.8 Å². The van der Waals surface area contributed by atoms with E-state index in [4.69, 9.17) is 15.2 Å². The van der Waals surface area contributed by atoms with Gasteiger partial charge in [-0.3, -0.25) is 9.69 Å². The maximum atomic E-state index is 11.3. The Kier molecular flexibility index (Phi) is 5.73. The number of hydrogen-bond donors (Lipinski definition) is 1. The van der Waals surface area contributed by atoms with Crippen molar-refractivity contribution in [2.45, 2.75) is 32.4 Å². The minimum atomic E-state index is -0.134. The highest BCUT2D eigenvalue weighted by Crippen LogP contribution is 2.11. The summed E-state index contributed by atoms with van der Waals surface area (Å²) in [5.74, 6) is -0.134. The van der Waals surface area contributed by atoms with Crippen molar-refractivity contribution in [2.75, 3.05) is 32.8 Å². The van der Waals surface area contributed by atoms with Crippen LogP contribution in [0.1, 0.15) is 20.3 Å². The second-order valence-corrected chi connectivity index (χ2v) is 4.08. The molecule has 5 nitrogen and oxygen atoms in total. The molecule has 2 unspecified atom stereocenters. The fourth-order valence-corrected chi connectivity index (χ4v) is 1.88. The zero-order valence-corrected chi connectivity index (χ0v) is 10.1. The van der Waals surface area contributed by atoms with Gasteiger partial charge in [0.2, 0.25) is 0 Å². The smallest absolute Gasteiger partial charge is 0.307 e. The number of nitrogens with two attached hydrogens (primary N) is 1. The number of esters is 1. The molecule has 0 saturated carbocycles. The molecule has 0 aromatic carbocycles. The van der Waals surface area contributed by atoms with Gasteiger partial charge in [-0.2, -0.15) is 0 Å². The summed E-state index contributed by atoms with van der Waals surface area (Å²) in [6.07, 6.45) is 0.531. The molecule has 0 spiro atoms. The maximum absolute atomic E-state index is 11.3. The number of nitrogens with zero attached hydrogens (tertiary/aromatic N) is 1. The van der Waals surface area contributed by atoms with Crippen molar-refractivity contribution < 1.29 is 14.3 Å². The van der Waals surface area contributed by atoms with E-state index in [1.807, 2.05) is 13.8 Å². The molecule has 2 N–H and O–H groups in total. The number of carbonyl (C=O) groups is 1. The molecule has 0 radical (unpaired) electrons. The van der Waals surface area contributed by atoms with Gasteiger partial charge in [0.15, 0.2) is 0 Å². The van der Waals surface area contributed by atoms with Crippen molar-refractivity contribution in [1.82, 2.24) is 4.90 Å². The lowest BCUT2D eigenvalue weighted by atomic mass is 10.1. The van der Waals surface area contributed by atoms with Crippen molar-refractivity contribution in [3.8, 4) is 0 Å². The minimum Gasteiger partial charge on any atom is -0.466 e. The van der Waals surface area contributed by atoms with Gasteiger partial charge in [0.1, 0.15) is 0 Å². The predicted octanol–water partition coefficient (Wildman–Crippen LogP) is -0.0124. The summed E-state index contributed by atoms with van der Waals surface area (Å²) in [5, 5.41) is 0. The van der Waals surface area contributed by atoms with E-state index >= 15 is 0 Å². The number of carbonyl (C=O) groups excluding carboxylic acids is 1. The highest BCUT2D eigenvalue weighted by atomic mass is 16.5. The molecule has 0 aliphatic carbocycles. The van der Waals surface area contributed by atoms with Gasteiger partial charge in [-0.25, -0.2) is 0 Å². The van der Waals surface area contributed by atoms with E-state index in [1.165, 1.54) is 0 Å². The minimum absolute atomic E-state index is 0.0957. The van der Waals surface area contributed by atoms with Crippen LogP contribution in [-0.4, -0.2) is 55.9 Å². The van der Waals surface area contributed by atoms with E-state index in [1.54, 1.807) is 0 Å². The average Bonchev–Trinajstić information content (AvgIpc) is 2.29.